The van der Waals surface area contributed by atoms with Crippen molar-refractivity contribution in [1.29, 1.82) is 0 Å². The molecule has 2 atom stereocenters. The highest BCUT2D eigenvalue weighted by atomic mass is 15.2. The molecule has 0 aromatic rings. The van der Waals surface area contributed by atoms with Gasteiger partial charge in [-0.25, -0.2) is 0 Å². The van der Waals surface area contributed by atoms with Crippen molar-refractivity contribution < 1.29 is 0 Å². The molecule has 2 rings (SSSR count). The van der Waals surface area contributed by atoms with Gasteiger partial charge in [0.2, 0.25) is 0 Å². The lowest BCUT2D eigenvalue weighted by Gasteiger charge is -2.39. The Morgan fingerprint density at radius 3 is 2.14 bits per heavy atom. The van der Waals surface area contributed by atoms with Gasteiger partial charge in [0.05, 0.1) is 0 Å². The molecule has 2 heterocycles. The van der Waals surface area contributed by atoms with Gasteiger partial charge in [-0.2, -0.15) is 0 Å². The first kappa shape index (κ1) is 17.2. The van der Waals surface area contributed by atoms with E-state index in [1.807, 2.05) is 0 Å². The second kappa shape index (κ2) is 8.50. The average Bonchev–Trinajstić information content (AvgIpc) is 2.97. The molecule has 0 saturated carbocycles. The molecule has 2 saturated heterocycles. The molecule has 2 aliphatic heterocycles. The van der Waals surface area contributed by atoms with Crippen molar-refractivity contribution in [2.75, 3.05) is 39.3 Å². The van der Waals surface area contributed by atoms with Crippen molar-refractivity contribution in [3.8, 4) is 0 Å². The average molecular weight is 296 g/mol. The van der Waals surface area contributed by atoms with E-state index in [-0.39, 0.29) is 0 Å². The fourth-order valence-corrected chi connectivity index (χ4v) is 3.83. The van der Waals surface area contributed by atoms with Gasteiger partial charge in [0.15, 0.2) is 0 Å². The van der Waals surface area contributed by atoms with Crippen molar-refractivity contribution in [3.63, 3.8) is 0 Å². The summed E-state index contributed by atoms with van der Waals surface area (Å²) in [6.07, 6.45) is 5.67. The zero-order valence-electron chi connectivity index (χ0n) is 14.8. The summed E-state index contributed by atoms with van der Waals surface area (Å²) in [5, 5.41) is 3.59. The fraction of sp³-hybridized carbons (Fsp3) is 1.00. The first-order chi connectivity index (χ1) is 10.1. The van der Waals surface area contributed by atoms with Crippen LogP contribution in [0, 0.1) is 11.8 Å². The van der Waals surface area contributed by atoms with E-state index < -0.39 is 0 Å². The zero-order chi connectivity index (χ0) is 15.2. The van der Waals surface area contributed by atoms with Gasteiger partial charge in [0.25, 0.3) is 0 Å². The topological polar surface area (TPSA) is 18.5 Å². The van der Waals surface area contributed by atoms with Crippen LogP contribution in [0.4, 0.5) is 0 Å². The Kier molecular flexibility index (Phi) is 6.97. The van der Waals surface area contributed by atoms with Gasteiger partial charge < -0.3 is 15.1 Å². The maximum atomic E-state index is 3.59. The molecular weight excluding hydrogens is 258 g/mol. The Hall–Kier alpha value is -0.120. The van der Waals surface area contributed by atoms with Gasteiger partial charge in [0, 0.05) is 18.6 Å². The molecule has 3 nitrogen and oxygen atoms in total. The summed E-state index contributed by atoms with van der Waals surface area (Å²) in [4.78, 5) is 5.42. The number of nitrogens with zero attached hydrogens (tertiary/aromatic N) is 2. The van der Waals surface area contributed by atoms with Crippen molar-refractivity contribution in [1.82, 2.24) is 15.1 Å². The van der Waals surface area contributed by atoms with E-state index in [1.54, 1.807) is 0 Å². The van der Waals surface area contributed by atoms with Gasteiger partial charge in [-0.05, 0) is 77.2 Å². The van der Waals surface area contributed by atoms with Crippen molar-refractivity contribution >= 4 is 0 Å². The molecule has 124 valence electrons. The minimum Gasteiger partial charge on any atom is -0.314 e. The molecule has 2 unspecified atom stereocenters. The molecule has 1 N–H and O–H groups in total. The second-order valence-corrected chi connectivity index (χ2v) is 7.77. The van der Waals surface area contributed by atoms with Crippen LogP contribution >= 0.6 is 0 Å². The fourth-order valence-electron chi connectivity index (χ4n) is 3.83. The smallest absolute Gasteiger partial charge is 0.0105 e. The molecule has 0 radical (unpaired) electrons. The standard InChI is InChI=1S/C18H37N3/c1-15(2)19-13-16(3)17(4)21-11-7-18(8-12-21)14-20-9-5-6-10-20/h15-19H,5-14H2,1-4H3. The Bertz CT molecular complexity index is 278. The Labute approximate surface area is 132 Å². The molecule has 0 amide bonds. The first-order valence-corrected chi connectivity index (χ1v) is 9.26. The summed E-state index contributed by atoms with van der Waals surface area (Å²) in [5.41, 5.74) is 0. The Balaban J connectivity index is 1.67. The lowest BCUT2D eigenvalue weighted by Crippen LogP contribution is -2.47. The van der Waals surface area contributed by atoms with Crippen LogP contribution in [0.5, 0.6) is 0 Å². The lowest BCUT2D eigenvalue weighted by atomic mass is 9.92. The molecule has 0 aromatic carbocycles. The third-order valence-corrected chi connectivity index (χ3v) is 5.61. The monoisotopic (exact) mass is 295 g/mol. The van der Waals surface area contributed by atoms with Crippen LogP contribution in [-0.4, -0.2) is 61.2 Å². The molecule has 0 aromatic heterocycles. The van der Waals surface area contributed by atoms with Crippen LogP contribution in [0.15, 0.2) is 0 Å². The number of hydrogen-bond donors (Lipinski definition) is 1. The van der Waals surface area contributed by atoms with E-state index in [0.717, 1.165) is 18.4 Å². The Morgan fingerprint density at radius 2 is 1.57 bits per heavy atom. The number of piperidine rings is 1. The largest absolute Gasteiger partial charge is 0.314 e. The maximum Gasteiger partial charge on any atom is 0.0105 e. The number of nitrogens with one attached hydrogen (secondary N) is 1. The summed E-state index contributed by atoms with van der Waals surface area (Å²) in [6, 6.07) is 1.31. The number of likely N-dealkylation sites (tertiary alicyclic amines) is 2. The molecule has 0 spiro atoms. The van der Waals surface area contributed by atoms with Crippen LogP contribution in [0.3, 0.4) is 0 Å². The van der Waals surface area contributed by atoms with Gasteiger partial charge in [-0.1, -0.05) is 20.8 Å². The van der Waals surface area contributed by atoms with Crippen LogP contribution in [0.2, 0.25) is 0 Å². The molecule has 21 heavy (non-hydrogen) atoms. The molecule has 0 bridgehead atoms. The quantitative estimate of drug-likeness (QED) is 0.779. The van der Waals surface area contributed by atoms with Crippen molar-refractivity contribution in [3.05, 3.63) is 0 Å². The minimum atomic E-state index is 0.603. The third kappa shape index (κ3) is 5.54. The molecular formula is C18H37N3. The zero-order valence-corrected chi connectivity index (χ0v) is 14.8. The van der Waals surface area contributed by atoms with Gasteiger partial charge in [0.1, 0.15) is 0 Å². The van der Waals surface area contributed by atoms with Crippen molar-refractivity contribution in [2.24, 2.45) is 11.8 Å². The molecule has 0 aliphatic carbocycles. The highest BCUT2D eigenvalue weighted by molar-refractivity contribution is 4.82. The Morgan fingerprint density at radius 1 is 0.952 bits per heavy atom. The predicted octanol–water partition coefficient (Wildman–Crippen LogP) is 2.82. The molecule has 2 fully saturated rings. The van der Waals surface area contributed by atoms with Crippen LogP contribution in [0.25, 0.3) is 0 Å². The van der Waals surface area contributed by atoms with Crippen LogP contribution in [-0.2, 0) is 0 Å². The second-order valence-electron chi connectivity index (χ2n) is 7.77. The summed E-state index contributed by atoms with van der Waals surface area (Å²) < 4.78 is 0. The summed E-state index contributed by atoms with van der Waals surface area (Å²) in [6.45, 7) is 17.1. The van der Waals surface area contributed by atoms with Crippen molar-refractivity contribution in [2.45, 2.75) is 65.5 Å². The molecule has 2 aliphatic rings. The number of hydrogen-bond acceptors (Lipinski definition) is 3. The first-order valence-electron chi connectivity index (χ1n) is 9.26. The highest BCUT2D eigenvalue weighted by Crippen LogP contribution is 2.23. The minimum absolute atomic E-state index is 0.603. The van der Waals surface area contributed by atoms with E-state index in [0.29, 0.717) is 12.1 Å². The number of rotatable bonds is 7. The lowest BCUT2D eigenvalue weighted by molar-refractivity contribution is 0.0961. The van der Waals surface area contributed by atoms with E-state index in [9.17, 15) is 0 Å². The van der Waals surface area contributed by atoms with Gasteiger partial charge in [-0.3, -0.25) is 0 Å². The van der Waals surface area contributed by atoms with Gasteiger partial charge in [-0.15, -0.1) is 0 Å². The maximum absolute atomic E-state index is 3.59. The summed E-state index contributed by atoms with van der Waals surface area (Å²) in [5.74, 6) is 1.69. The highest BCUT2D eigenvalue weighted by Gasteiger charge is 2.27. The van der Waals surface area contributed by atoms with E-state index in [4.69, 9.17) is 0 Å². The third-order valence-electron chi connectivity index (χ3n) is 5.61. The van der Waals surface area contributed by atoms with Crippen LogP contribution in [0.1, 0.15) is 53.4 Å². The molecule has 3 heteroatoms. The SMILES string of the molecule is CC(C)NCC(C)C(C)N1CCC(CN2CCCC2)CC1. The predicted molar refractivity (Wildman–Crippen MR) is 91.7 cm³/mol. The van der Waals surface area contributed by atoms with E-state index in [1.165, 1.54) is 58.4 Å². The summed E-state index contributed by atoms with van der Waals surface area (Å²) in [7, 11) is 0. The summed E-state index contributed by atoms with van der Waals surface area (Å²) >= 11 is 0. The van der Waals surface area contributed by atoms with Gasteiger partial charge >= 0.3 is 0 Å². The van der Waals surface area contributed by atoms with E-state index >= 15 is 0 Å². The van der Waals surface area contributed by atoms with E-state index in [2.05, 4.69) is 42.8 Å². The normalized spacial score (nSPS) is 25.6. The van der Waals surface area contributed by atoms with Crippen LogP contribution < -0.4 is 5.32 Å².